The molecule has 3 N–H and O–H groups in total. The molecular weight excluding hydrogens is 310 g/mol. The molecule has 0 heterocycles. The predicted molar refractivity (Wildman–Crippen MR) is 91.3 cm³/mol. The number of rotatable bonds is 9. The lowest BCUT2D eigenvalue weighted by molar-refractivity contribution is -0.885. The summed E-state index contributed by atoms with van der Waals surface area (Å²) in [6.07, 6.45) is 0. The second kappa shape index (κ2) is 9.77. The third-order valence-electron chi connectivity index (χ3n) is 3.31. The van der Waals surface area contributed by atoms with Crippen LogP contribution in [0.15, 0.2) is 18.2 Å². The van der Waals surface area contributed by atoms with Gasteiger partial charge >= 0.3 is 0 Å². The van der Waals surface area contributed by atoms with Crippen LogP contribution in [0.25, 0.3) is 0 Å². The molecule has 1 atom stereocenters. The quantitative estimate of drug-likeness (QED) is 0.559. The fourth-order valence-electron chi connectivity index (χ4n) is 2.29. The summed E-state index contributed by atoms with van der Waals surface area (Å²) < 4.78 is 10.5. The monoisotopic (exact) mass is 338 g/mol. The van der Waals surface area contributed by atoms with Crippen LogP contribution < -0.4 is 25.0 Å². The Morgan fingerprint density at radius 2 is 1.79 bits per heavy atom. The molecule has 1 rings (SSSR count). The summed E-state index contributed by atoms with van der Waals surface area (Å²) in [6.45, 7) is 4.69. The van der Waals surface area contributed by atoms with E-state index in [9.17, 15) is 9.59 Å². The molecule has 0 aliphatic heterocycles. The summed E-state index contributed by atoms with van der Waals surface area (Å²) in [7, 11) is 5.10. The number of quaternary nitrogens is 1. The number of hydrogen-bond acceptors (Lipinski definition) is 4. The summed E-state index contributed by atoms with van der Waals surface area (Å²) >= 11 is 0. The molecule has 0 bridgehead atoms. The summed E-state index contributed by atoms with van der Waals surface area (Å²) in [6, 6.07) is 5.75. The number of carbonyl (C=O) groups excluding carboxylic acids is 2. The Kier molecular flexibility index (Phi) is 8.05. The average molecular weight is 338 g/mol. The van der Waals surface area contributed by atoms with Gasteiger partial charge in [-0.2, -0.15) is 0 Å². The first-order valence-electron chi connectivity index (χ1n) is 7.94. The molecule has 134 valence electrons. The van der Waals surface area contributed by atoms with Gasteiger partial charge in [0.2, 0.25) is 5.91 Å². The molecule has 0 saturated carbocycles. The highest BCUT2D eigenvalue weighted by Crippen LogP contribution is 2.27. The van der Waals surface area contributed by atoms with Crippen LogP contribution in [0, 0.1) is 0 Å². The van der Waals surface area contributed by atoms with Crippen molar-refractivity contribution in [3.63, 3.8) is 0 Å². The lowest BCUT2D eigenvalue weighted by atomic mass is 10.2. The molecule has 0 fully saturated rings. The number of benzene rings is 1. The van der Waals surface area contributed by atoms with E-state index in [2.05, 4.69) is 10.6 Å². The lowest BCUT2D eigenvalue weighted by Crippen LogP contribution is -3.08. The van der Waals surface area contributed by atoms with Crippen LogP contribution in [-0.4, -0.2) is 52.2 Å². The maximum Gasteiger partial charge on any atom is 0.275 e. The van der Waals surface area contributed by atoms with E-state index in [4.69, 9.17) is 9.47 Å². The third-order valence-corrected chi connectivity index (χ3v) is 3.31. The van der Waals surface area contributed by atoms with Crippen LogP contribution in [0.5, 0.6) is 11.5 Å². The number of methoxy groups -OCH3 is 2. The molecule has 0 saturated heterocycles. The zero-order chi connectivity index (χ0) is 18.1. The number of likely N-dealkylation sites (N-methyl/N-ethyl adjacent to an activating group) is 1. The van der Waals surface area contributed by atoms with Gasteiger partial charge in [0.05, 0.1) is 27.8 Å². The van der Waals surface area contributed by atoms with Crippen LogP contribution in [0.1, 0.15) is 19.4 Å². The molecule has 0 aromatic heterocycles. The van der Waals surface area contributed by atoms with Crippen molar-refractivity contribution in [1.82, 2.24) is 10.6 Å². The Hall–Kier alpha value is -2.28. The van der Waals surface area contributed by atoms with Gasteiger partial charge in [-0.05, 0) is 32.0 Å². The second-order valence-corrected chi connectivity index (χ2v) is 6.00. The maximum absolute atomic E-state index is 11.9. The van der Waals surface area contributed by atoms with Crippen molar-refractivity contribution in [2.24, 2.45) is 0 Å². The van der Waals surface area contributed by atoms with E-state index in [1.165, 1.54) is 0 Å². The largest absolute Gasteiger partial charge is 0.493 e. The van der Waals surface area contributed by atoms with Crippen LogP contribution in [0.2, 0.25) is 0 Å². The first-order valence-corrected chi connectivity index (χ1v) is 7.94. The Balaban J connectivity index is 2.46. The number of amides is 2. The standard InChI is InChI=1S/C17H27N3O4/c1-12(2)19-16(21)9-18-17(22)11-20(3)10-13-6-7-14(23-4)15(8-13)24-5/h6-8,12H,9-11H2,1-5H3,(H,18,22)(H,19,21)/p+1. The van der Waals surface area contributed by atoms with E-state index in [0.29, 0.717) is 18.0 Å². The first kappa shape index (κ1) is 19.8. The van der Waals surface area contributed by atoms with Crippen LogP contribution >= 0.6 is 0 Å². The van der Waals surface area contributed by atoms with Gasteiger partial charge in [-0.3, -0.25) is 9.59 Å². The fraction of sp³-hybridized carbons (Fsp3) is 0.529. The normalized spacial score (nSPS) is 11.8. The van der Waals surface area contributed by atoms with Crippen molar-refractivity contribution < 1.29 is 24.0 Å². The second-order valence-electron chi connectivity index (χ2n) is 6.00. The van der Waals surface area contributed by atoms with E-state index < -0.39 is 0 Å². The van der Waals surface area contributed by atoms with Crippen molar-refractivity contribution in [3.8, 4) is 11.5 Å². The molecule has 0 radical (unpaired) electrons. The summed E-state index contributed by atoms with van der Waals surface area (Å²) in [5.74, 6) is 0.994. The van der Waals surface area contributed by atoms with Crippen molar-refractivity contribution in [2.75, 3.05) is 34.4 Å². The van der Waals surface area contributed by atoms with Crippen LogP contribution in [-0.2, 0) is 16.1 Å². The number of nitrogens with one attached hydrogen (secondary N) is 3. The van der Waals surface area contributed by atoms with E-state index >= 15 is 0 Å². The topological polar surface area (TPSA) is 81.1 Å². The highest BCUT2D eigenvalue weighted by molar-refractivity contribution is 5.85. The van der Waals surface area contributed by atoms with E-state index in [-0.39, 0.29) is 30.9 Å². The van der Waals surface area contributed by atoms with Gasteiger partial charge in [0.25, 0.3) is 5.91 Å². The highest BCUT2D eigenvalue weighted by Gasteiger charge is 2.13. The average Bonchev–Trinajstić information content (AvgIpc) is 2.52. The van der Waals surface area contributed by atoms with Crippen molar-refractivity contribution in [3.05, 3.63) is 23.8 Å². The maximum atomic E-state index is 11.9. The van der Waals surface area contributed by atoms with Gasteiger partial charge in [0.1, 0.15) is 6.54 Å². The predicted octanol–water partition coefficient (Wildman–Crippen LogP) is -0.641. The lowest BCUT2D eigenvalue weighted by Gasteiger charge is -2.15. The molecular formula is C17H28N3O4+. The van der Waals surface area contributed by atoms with Gasteiger partial charge < -0.3 is 25.0 Å². The number of hydrogen-bond donors (Lipinski definition) is 3. The van der Waals surface area contributed by atoms with Crippen molar-refractivity contribution >= 4 is 11.8 Å². The highest BCUT2D eigenvalue weighted by atomic mass is 16.5. The summed E-state index contributed by atoms with van der Waals surface area (Å²) in [4.78, 5) is 24.4. The Morgan fingerprint density at radius 1 is 1.12 bits per heavy atom. The van der Waals surface area contributed by atoms with Gasteiger partial charge in [-0.25, -0.2) is 0 Å². The molecule has 0 aliphatic carbocycles. The summed E-state index contributed by atoms with van der Waals surface area (Å²) in [5.41, 5.74) is 1.04. The molecule has 7 heteroatoms. The fourth-order valence-corrected chi connectivity index (χ4v) is 2.29. The first-order chi connectivity index (χ1) is 11.3. The Morgan fingerprint density at radius 3 is 2.38 bits per heavy atom. The third kappa shape index (κ3) is 6.87. The molecule has 1 unspecified atom stereocenters. The number of carbonyl (C=O) groups is 2. The molecule has 2 amide bonds. The molecule has 7 nitrogen and oxygen atoms in total. The smallest absolute Gasteiger partial charge is 0.275 e. The Labute approximate surface area is 143 Å². The van der Waals surface area contributed by atoms with Crippen molar-refractivity contribution in [1.29, 1.82) is 0 Å². The van der Waals surface area contributed by atoms with Gasteiger partial charge in [-0.1, -0.05) is 0 Å². The van der Waals surface area contributed by atoms with E-state index in [1.807, 2.05) is 39.1 Å². The molecule has 0 spiro atoms. The minimum absolute atomic E-state index is 0.000647. The van der Waals surface area contributed by atoms with E-state index in [1.54, 1.807) is 14.2 Å². The van der Waals surface area contributed by atoms with E-state index in [0.717, 1.165) is 10.5 Å². The minimum Gasteiger partial charge on any atom is -0.493 e. The molecule has 0 aliphatic rings. The zero-order valence-corrected chi connectivity index (χ0v) is 15.1. The molecule has 24 heavy (non-hydrogen) atoms. The van der Waals surface area contributed by atoms with Gasteiger partial charge in [0.15, 0.2) is 18.0 Å². The van der Waals surface area contributed by atoms with Gasteiger partial charge in [-0.15, -0.1) is 0 Å². The van der Waals surface area contributed by atoms with Crippen molar-refractivity contribution in [2.45, 2.75) is 26.4 Å². The minimum atomic E-state index is -0.184. The zero-order valence-electron chi connectivity index (χ0n) is 15.1. The van der Waals surface area contributed by atoms with Crippen LogP contribution in [0.3, 0.4) is 0 Å². The SMILES string of the molecule is COc1ccc(C[NH+](C)CC(=O)NCC(=O)NC(C)C)cc1OC. The molecule has 1 aromatic rings. The Bertz CT molecular complexity index is 561. The van der Waals surface area contributed by atoms with Crippen LogP contribution in [0.4, 0.5) is 0 Å². The molecule has 1 aromatic carbocycles. The summed E-state index contributed by atoms with van der Waals surface area (Å²) in [5, 5.41) is 5.36. The van der Waals surface area contributed by atoms with Gasteiger partial charge in [0, 0.05) is 11.6 Å². The number of ether oxygens (including phenoxy) is 2.